The minimum absolute atomic E-state index is 0.214. The summed E-state index contributed by atoms with van der Waals surface area (Å²) in [5.74, 6) is -0.336. The normalized spacial score (nSPS) is 11.2. The first-order valence-corrected chi connectivity index (χ1v) is 18.1. The van der Waals surface area contributed by atoms with E-state index >= 15 is 0 Å². The van der Waals surface area contributed by atoms with Gasteiger partial charge < -0.3 is 9.47 Å². The number of hydrogen-bond acceptors (Lipinski definition) is 3. The molecule has 0 heterocycles. The van der Waals surface area contributed by atoms with Crippen LogP contribution in [0.5, 0.6) is 0 Å². The Morgan fingerprint density at radius 1 is 0.463 bits per heavy atom. The molecule has 0 aromatic rings. The first-order chi connectivity index (χ1) is 20.1. The second-order valence-electron chi connectivity index (χ2n) is 12.7. The second kappa shape index (κ2) is 33.4. The molecule has 0 atom stereocenters. The molecule has 3 heteroatoms. The summed E-state index contributed by atoms with van der Waals surface area (Å²) in [7, 11) is 0. The van der Waals surface area contributed by atoms with Crippen molar-refractivity contribution < 1.29 is 14.3 Å². The zero-order valence-electron chi connectivity index (χ0n) is 28.1. The molecule has 0 aliphatic rings. The molecular formula is C38H72O3. The summed E-state index contributed by atoms with van der Waals surface area (Å²) in [5, 5.41) is 0. The minimum atomic E-state index is -0.336. The number of unbranched alkanes of at least 4 members (excludes halogenated alkanes) is 27. The monoisotopic (exact) mass is 577 g/mol. The van der Waals surface area contributed by atoms with Gasteiger partial charge in [-0.15, -0.1) is 0 Å². The Hall–Kier alpha value is -1.09. The predicted octanol–water partition coefficient (Wildman–Crippen LogP) is 12.6. The molecule has 0 fully saturated rings. The van der Waals surface area contributed by atoms with Gasteiger partial charge in [-0.1, -0.05) is 199 Å². The lowest BCUT2D eigenvalue weighted by Gasteiger charge is -2.08. The highest BCUT2D eigenvalue weighted by Crippen LogP contribution is 2.16. The van der Waals surface area contributed by atoms with Crippen LogP contribution in [0.3, 0.4) is 0 Å². The van der Waals surface area contributed by atoms with Gasteiger partial charge in [0.1, 0.15) is 0 Å². The van der Waals surface area contributed by atoms with Crippen LogP contribution in [0.25, 0.3) is 0 Å². The minimum Gasteiger partial charge on any atom is -0.462 e. The van der Waals surface area contributed by atoms with Crippen molar-refractivity contribution in [2.24, 2.45) is 0 Å². The van der Waals surface area contributed by atoms with Gasteiger partial charge in [-0.3, -0.25) is 0 Å². The van der Waals surface area contributed by atoms with Gasteiger partial charge >= 0.3 is 5.97 Å². The van der Waals surface area contributed by atoms with Crippen molar-refractivity contribution >= 4 is 5.97 Å². The van der Waals surface area contributed by atoms with E-state index < -0.39 is 0 Å². The van der Waals surface area contributed by atoms with Crippen LogP contribution < -0.4 is 0 Å². The van der Waals surface area contributed by atoms with Gasteiger partial charge in [0, 0.05) is 0 Å². The third-order valence-electron chi connectivity index (χ3n) is 8.14. The fourth-order valence-electron chi connectivity index (χ4n) is 5.45. The molecule has 0 aliphatic heterocycles. The Morgan fingerprint density at radius 3 is 1.05 bits per heavy atom. The lowest BCUT2D eigenvalue weighted by Crippen LogP contribution is -2.13. The average molecular weight is 577 g/mol. The largest absolute Gasteiger partial charge is 0.462 e. The fraction of sp³-hybridized carbons (Fsp3) is 0.868. The molecule has 0 aromatic carbocycles. The molecule has 242 valence electrons. The number of hydrogen-bond donors (Lipinski definition) is 0. The first kappa shape index (κ1) is 39.9. The number of rotatable bonds is 34. The highest BCUT2D eigenvalue weighted by Gasteiger charge is 2.08. The van der Waals surface area contributed by atoms with Crippen molar-refractivity contribution in [1.82, 2.24) is 0 Å². The average Bonchev–Trinajstić information content (AvgIpc) is 2.96. The molecule has 0 saturated heterocycles. The van der Waals surface area contributed by atoms with Crippen molar-refractivity contribution in [3.05, 3.63) is 24.3 Å². The Bertz CT molecular complexity index is 582. The van der Waals surface area contributed by atoms with Gasteiger partial charge in [0.15, 0.2) is 0 Å². The number of esters is 1. The molecule has 41 heavy (non-hydrogen) atoms. The van der Waals surface area contributed by atoms with Crippen LogP contribution in [0.4, 0.5) is 0 Å². The van der Waals surface area contributed by atoms with Crippen molar-refractivity contribution in [3.63, 3.8) is 0 Å². The number of carbonyl (C=O) groups is 1. The van der Waals surface area contributed by atoms with Crippen LogP contribution in [-0.4, -0.2) is 25.8 Å². The Labute approximate surface area is 257 Å². The van der Waals surface area contributed by atoms with E-state index in [1.807, 2.05) is 6.92 Å². The van der Waals surface area contributed by atoms with Crippen LogP contribution in [0.15, 0.2) is 24.3 Å². The van der Waals surface area contributed by atoms with Gasteiger partial charge in [0.05, 0.1) is 25.4 Å². The van der Waals surface area contributed by atoms with Crippen LogP contribution in [0, 0.1) is 0 Å². The quantitative estimate of drug-likeness (QED) is 0.0331. The van der Waals surface area contributed by atoms with Crippen molar-refractivity contribution in [3.8, 4) is 0 Å². The lowest BCUT2D eigenvalue weighted by atomic mass is 10.0. The maximum absolute atomic E-state index is 11.8. The summed E-state index contributed by atoms with van der Waals surface area (Å²) < 4.78 is 10.6. The summed E-state index contributed by atoms with van der Waals surface area (Å²) in [5.41, 5.74) is 1.31. The van der Waals surface area contributed by atoms with Gasteiger partial charge in [0.2, 0.25) is 0 Å². The zero-order chi connectivity index (χ0) is 30.1. The highest BCUT2D eigenvalue weighted by atomic mass is 16.5. The van der Waals surface area contributed by atoms with E-state index in [2.05, 4.69) is 20.1 Å². The van der Waals surface area contributed by atoms with Gasteiger partial charge in [-0.25, -0.2) is 4.79 Å². The third-order valence-corrected chi connectivity index (χ3v) is 8.14. The summed E-state index contributed by atoms with van der Waals surface area (Å²) >= 11 is 0. The van der Waals surface area contributed by atoms with E-state index in [0.717, 1.165) is 18.4 Å². The van der Waals surface area contributed by atoms with Crippen LogP contribution in [-0.2, 0) is 14.3 Å². The molecule has 0 aromatic heterocycles. The highest BCUT2D eigenvalue weighted by molar-refractivity contribution is 5.87. The van der Waals surface area contributed by atoms with Crippen LogP contribution in [0.1, 0.15) is 194 Å². The maximum Gasteiger partial charge on any atom is 0.335 e. The number of ether oxygens (including phenoxy) is 2. The summed E-state index contributed by atoms with van der Waals surface area (Å²) in [6, 6.07) is 0. The molecule has 0 aliphatic carbocycles. The van der Waals surface area contributed by atoms with Crippen LogP contribution >= 0.6 is 0 Å². The summed E-state index contributed by atoms with van der Waals surface area (Å²) in [6.07, 6.45) is 39.2. The van der Waals surface area contributed by atoms with Crippen molar-refractivity contribution in [1.29, 1.82) is 0 Å². The van der Waals surface area contributed by atoms with Crippen LogP contribution in [0.2, 0.25) is 0 Å². The SMILES string of the molecule is C=C(C)COCC(=C)C(=O)OCCCCCCCCCCCCCCCCCCCCCCCCCCCCCC. The molecule has 0 rings (SSSR count). The number of carbonyl (C=O) groups excluding carboxylic acids is 1. The zero-order valence-corrected chi connectivity index (χ0v) is 28.1. The summed E-state index contributed by atoms with van der Waals surface area (Å²) in [6.45, 7) is 12.9. The topological polar surface area (TPSA) is 35.5 Å². The molecule has 0 unspecified atom stereocenters. The standard InChI is InChI=1S/C38H72O3/c1-5-6-7-8-9-10-11-12-13-14-15-16-17-18-19-20-21-22-23-24-25-26-27-28-29-30-31-32-33-41-38(39)37(4)35-40-34-36(2)3/h2,4-35H2,1,3H3. The molecule has 0 spiro atoms. The second-order valence-corrected chi connectivity index (χ2v) is 12.7. The van der Waals surface area contributed by atoms with Crippen molar-refractivity contribution in [2.45, 2.75) is 194 Å². The smallest absolute Gasteiger partial charge is 0.335 e. The maximum atomic E-state index is 11.8. The van der Waals surface area contributed by atoms with E-state index in [4.69, 9.17) is 9.47 Å². The van der Waals surface area contributed by atoms with E-state index in [1.54, 1.807) is 0 Å². The molecule has 0 bridgehead atoms. The Morgan fingerprint density at radius 2 is 0.756 bits per heavy atom. The predicted molar refractivity (Wildman–Crippen MR) is 181 cm³/mol. The third kappa shape index (κ3) is 33.3. The van der Waals surface area contributed by atoms with Gasteiger partial charge in [-0.2, -0.15) is 0 Å². The first-order valence-electron chi connectivity index (χ1n) is 18.1. The summed E-state index contributed by atoms with van der Waals surface area (Å²) in [4.78, 5) is 11.8. The Balaban J connectivity index is 3.16. The molecule has 0 amide bonds. The molecule has 0 N–H and O–H groups in total. The van der Waals surface area contributed by atoms with E-state index in [9.17, 15) is 4.79 Å². The fourth-order valence-corrected chi connectivity index (χ4v) is 5.45. The van der Waals surface area contributed by atoms with E-state index in [-0.39, 0.29) is 12.6 Å². The van der Waals surface area contributed by atoms with E-state index in [0.29, 0.717) is 18.8 Å². The molecule has 3 nitrogen and oxygen atoms in total. The molecular weight excluding hydrogens is 504 g/mol. The Kier molecular flexibility index (Phi) is 32.5. The van der Waals surface area contributed by atoms with Gasteiger partial charge in [-0.05, 0) is 13.3 Å². The van der Waals surface area contributed by atoms with Crippen molar-refractivity contribution in [2.75, 3.05) is 19.8 Å². The lowest BCUT2D eigenvalue weighted by molar-refractivity contribution is -0.139. The van der Waals surface area contributed by atoms with E-state index in [1.165, 1.54) is 167 Å². The molecule has 0 radical (unpaired) electrons. The van der Waals surface area contributed by atoms with Gasteiger partial charge in [0.25, 0.3) is 0 Å². The molecule has 0 saturated carbocycles.